The Morgan fingerprint density at radius 1 is 1.27 bits per heavy atom. The van der Waals surface area contributed by atoms with Crippen LogP contribution >= 0.6 is 11.6 Å². The zero-order valence-electron chi connectivity index (χ0n) is 5.72. The maximum Gasteiger partial charge on any atom is 0.234 e. The number of benzene rings is 1. The molecule has 0 bridgehead atoms. The van der Waals surface area contributed by atoms with Crippen LogP contribution in [-0.2, 0) is 0 Å². The smallest absolute Gasteiger partial charge is 0.215 e. The van der Waals surface area contributed by atoms with E-state index in [4.69, 9.17) is 11.6 Å². The predicted molar refractivity (Wildman–Crippen MR) is 44.1 cm³/mol. The Hall–Kier alpha value is -1.00. The van der Waals surface area contributed by atoms with E-state index in [1.165, 1.54) is 0 Å². The average molecular weight is 169 g/mol. The van der Waals surface area contributed by atoms with Gasteiger partial charge in [0.2, 0.25) is 5.63 Å². The van der Waals surface area contributed by atoms with E-state index in [0.29, 0.717) is 0 Å². The highest BCUT2D eigenvalue weighted by atomic mass is 35.5. The summed E-state index contributed by atoms with van der Waals surface area (Å²) in [4.78, 5) is 0. The lowest BCUT2D eigenvalue weighted by atomic mass is 10.2. The van der Waals surface area contributed by atoms with Crippen molar-refractivity contribution in [1.82, 2.24) is 0 Å². The van der Waals surface area contributed by atoms with E-state index >= 15 is 0 Å². The number of halogens is 2. The highest BCUT2D eigenvalue weighted by Gasteiger charge is 1.89. The fraction of sp³-hybridized carbons (Fsp3) is 0.111. The summed E-state index contributed by atoms with van der Waals surface area (Å²) >= 11 is 4.99. The van der Waals surface area contributed by atoms with Gasteiger partial charge in [-0.3, -0.25) is 0 Å². The Kier molecular flexibility index (Phi) is 2.95. The lowest BCUT2D eigenvalue weighted by Crippen LogP contribution is -1.79. The SMILES string of the molecule is FC(Cl)C#Cc1ccccc1. The minimum absolute atomic E-state index is 0.774. The Bertz CT molecular complexity index is 269. The third-order valence-corrected chi connectivity index (χ3v) is 1.21. The molecule has 0 aliphatic carbocycles. The first-order valence-corrected chi connectivity index (χ1v) is 3.57. The summed E-state index contributed by atoms with van der Waals surface area (Å²) in [7, 11) is 0. The van der Waals surface area contributed by atoms with E-state index in [9.17, 15) is 4.39 Å². The molecule has 0 N–H and O–H groups in total. The van der Waals surface area contributed by atoms with Gasteiger partial charge in [-0.05, 0) is 18.1 Å². The van der Waals surface area contributed by atoms with Crippen molar-refractivity contribution in [3.8, 4) is 11.8 Å². The lowest BCUT2D eigenvalue weighted by Gasteiger charge is -1.86. The van der Waals surface area contributed by atoms with Gasteiger partial charge in [-0.25, -0.2) is 4.39 Å². The van der Waals surface area contributed by atoms with Gasteiger partial charge >= 0.3 is 0 Å². The molecule has 1 atom stereocenters. The van der Waals surface area contributed by atoms with Crippen LogP contribution in [0.2, 0.25) is 0 Å². The van der Waals surface area contributed by atoms with Crippen LogP contribution < -0.4 is 0 Å². The molecule has 0 aliphatic rings. The highest BCUT2D eigenvalue weighted by molar-refractivity contribution is 6.21. The van der Waals surface area contributed by atoms with Crippen molar-refractivity contribution in [2.75, 3.05) is 0 Å². The third kappa shape index (κ3) is 3.06. The van der Waals surface area contributed by atoms with E-state index in [1.807, 2.05) is 18.2 Å². The summed E-state index contributed by atoms with van der Waals surface area (Å²) in [5.74, 6) is 4.80. The highest BCUT2D eigenvalue weighted by Crippen LogP contribution is 1.97. The van der Waals surface area contributed by atoms with Crippen LogP contribution in [0.5, 0.6) is 0 Å². The Morgan fingerprint density at radius 3 is 2.45 bits per heavy atom. The summed E-state index contributed by atoms with van der Waals surface area (Å²) in [6.45, 7) is 0. The normalized spacial score (nSPS) is 11.5. The van der Waals surface area contributed by atoms with Gasteiger partial charge in [0.15, 0.2) is 0 Å². The van der Waals surface area contributed by atoms with Gasteiger partial charge in [0.05, 0.1) is 0 Å². The molecular formula is C9H6ClF. The van der Waals surface area contributed by atoms with Crippen LogP contribution in [0.15, 0.2) is 30.3 Å². The monoisotopic (exact) mass is 168 g/mol. The minimum atomic E-state index is -1.57. The molecule has 0 aromatic heterocycles. The second-order valence-corrected chi connectivity index (χ2v) is 2.32. The second kappa shape index (κ2) is 4.00. The van der Waals surface area contributed by atoms with Gasteiger partial charge in [0, 0.05) is 5.56 Å². The molecule has 0 fully saturated rings. The molecule has 0 spiro atoms. The molecule has 11 heavy (non-hydrogen) atoms. The van der Waals surface area contributed by atoms with Crippen molar-refractivity contribution in [2.45, 2.75) is 5.63 Å². The van der Waals surface area contributed by atoms with Crippen molar-refractivity contribution < 1.29 is 4.39 Å². The van der Waals surface area contributed by atoms with Crippen LogP contribution in [0.1, 0.15) is 5.56 Å². The summed E-state index contributed by atoms with van der Waals surface area (Å²) in [5, 5.41) is 0. The van der Waals surface area contributed by atoms with Crippen molar-refractivity contribution >= 4 is 11.6 Å². The molecule has 0 nitrogen and oxygen atoms in total. The topological polar surface area (TPSA) is 0 Å². The maximum absolute atomic E-state index is 12.0. The standard InChI is InChI=1S/C9H6ClF/c10-9(11)7-6-8-4-2-1-3-5-8/h1-5,9H. The van der Waals surface area contributed by atoms with Crippen molar-refractivity contribution in [3.63, 3.8) is 0 Å². The predicted octanol–water partition coefficient (Wildman–Crippen LogP) is 2.57. The van der Waals surface area contributed by atoms with Crippen LogP contribution in [0.25, 0.3) is 0 Å². The van der Waals surface area contributed by atoms with Gasteiger partial charge in [0.1, 0.15) is 0 Å². The van der Waals surface area contributed by atoms with Gasteiger partial charge in [-0.2, -0.15) is 0 Å². The first-order chi connectivity index (χ1) is 5.29. The largest absolute Gasteiger partial charge is 0.234 e. The molecule has 0 aliphatic heterocycles. The van der Waals surface area contributed by atoms with Crippen LogP contribution in [-0.4, -0.2) is 5.63 Å². The fourth-order valence-corrected chi connectivity index (χ4v) is 0.714. The van der Waals surface area contributed by atoms with Crippen LogP contribution in [0.3, 0.4) is 0 Å². The summed E-state index contributed by atoms with van der Waals surface area (Å²) in [6, 6.07) is 9.15. The molecule has 0 saturated heterocycles. The molecule has 1 unspecified atom stereocenters. The van der Waals surface area contributed by atoms with Gasteiger partial charge in [-0.1, -0.05) is 35.7 Å². The van der Waals surface area contributed by atoms with Gasteiger partial charge in [0.25, 0.3) is 0 Å². The zero-order valence-corrected chi connectivity index (χ0v) is 6.48. The molecular weight excluding hydrogens is 163 g/mol. The molecule has 1 rings (SSSR count). The molecule has 0 amide bonds. The van der Waals surface area contributed by atoms with Crippen molar-refractivity contribution in [2.24, 2.45) is 0 Å². The fourth-order valence-electron chi connectivity index (χ4n) is 0.659. The van der Waals surface area contributed by atoms with E-state index in [0.717, 1.165) is 5.56 Å². The zero-order chi connectivity index (χ0) is 8.10. The lowest BCUT2D eigenvalue weighted by molar-refractivity contribution is 0.524. The van der Waals surface area contributed by atoms with Crippen molar-refractivity contribution in [3.05, 3.63) is 35.9 Å². The van der Waals surface area contributed by atoms with E-state index < -0.39 is 5.63 Å². The van der Waals surface area contributed by atoms with Gasteiger partial charge in [-0.15, -0.1) is 0 Å². The van der Waals surface area contributed by atoms with E-state index in [2.05, 4.69) is 11.8 Å². The minimum Gasteiger partial charge on any atom is -0.215 e. The maximum atomic E-state index is 12.0. The molecule has 0 radical (unpaired) electrons. The Morgan fingerprint density at radius 2 is 1.91 bits per heavy atom. The molecule has 1 aromatic carbocycles. The molecule has 2 heteroatoms. The number of alkyl halides is 2. The number of hydrogen-bond donors (Lipinski definition) is 0. The van der Waals surface area contributed by atoms with Gasteiger partial charge < -0.3 is 0 Å². The van der Waals surface area contributed by atoms with Crippen molar-refractivity contribution in [1.29, 1.82) is 0 Å². The first-order valence-electron chi connectivity index (χ1n) is 3.14. The molecule has 1 aromatic rings. The van der Waals surface area contributed by atoms with Crippen LogP contribution in [0.4, 0.5) is 4.39 Å². The summed E-state index contributed by atoms with van der Waals surface area (Å²) < 4.78 is 12.0. The summed E-state index contributed by atoms with van der Waals surface area (Å²) in [6.07, 6.45) is 0. The summed E-state index contributed by atoms with van der Waals surface area (Å²) in [5.41, 5.74) is -0.800. The first kappa shape index (κ1) is 8.10. The second-order valence-electron chi connectivity index (χ2n) is 1.94. The molecule has 0 heterocycles. The number of rotatable bonds is 0. The average Bonchev–Trinajstić information content (AvgIpc) is 2.03. The van der Waals surface area contributed by atoms with E-state index in [-0.39, 0.29) is 0 Å². The Balaban J connectivity index is 2.75. The molecule has 0 saturated carbocycles. The third-order valence-electron chi connectivity index (χ3n) is 1.10. The van der Waals surface area contributed by atoms with E-state index in [1.54, 1.807) is 12.1 Å². The van der Waals surface area contributed by atoms with Crippen LogP contribution in [0, 0.1) is 11.8 Å². The Labute approximate surface area is 70.0 Å². The quantitative estimate of drug-likeness (QED) is 0.413. The molecule has 56 valence electrons. The number of hydrogen-bond acceptors (Lipinski definition) is 0.